The van der Waals surface area contributed by atoms with Crippen molar-refractivity contribution in [3.63, 3.8) is 0 Å². The van der Waals surface area contributed by atoms with Crippen LogP contribution in [0.4, 0.5) is 0 Å². The van der Waals surface area contributed by atoms with Crippen molar-refractivity contribution in [3.05, 3.63) is 0 Å². The van der Waals surface area contributed by atoms with E-state index in [4.69, 9.17) is 0 Å². The zero-order chi connectivity index (χ0) is 12.3. The molecule has 102 valence electrons. The first-order valence-corrected chi connectivity index (χ1v) is 8.09. The van der Waals surface area contributed by atoms with E-state index in [-0.39, 0.29) is 0 Å². The van der Waals surface area contributed by atoms with Gasteiger partial charge < -0.3 is 4.90 Å². The van der Waals surface area contributed by atoms with Crippen LogP contribution in [0.25, 0.3) is 0 Å². The van der Waals surface area contributed by atoms with Gasteiger partial charge in [-0.3, -0.25) is 0 Å². The standard InChI is InChI=1S/C16H33N/c1-3-13-17(14-4-2)15-9-8-12-16-10-6-5-7-11-16/h16H,3-15H2,1-2H3. The van der Waals surface area contributed by atoms with Gasteiger partial charge in [0.2, 0.25) is 0 Å². The second-order valence-electron chi connectivity index (χ2n) is 5.84. The fraction of sp³-hybridized carbons (Fsp3) is 1.00. The molecule has 17 heavy (non-hydrogen) atoms. The normalized spacial score (nSPS) is 17.8. The molecule has 0 atom stereocenters. The summed E-state index contributed by atoms with van der Waals surface area (Å²) in [6.45, 7) is 8.54. The highest BCUT2D eigenvalue weighted by molar-refractivity contribution is 4.66. The molecular formula is C16H33N. The summed E-state index contributed by atoms with van der Waals surface area (Å²) >= 11 is 0. The third-order valence-electron chi connectivity index (χ3n) is 4.14. The Labute approximate surface area is 109 Å². The average molecular weight is 239 g/mol. The van der Waals surface area contributed by atoms with E-state index < -0.39 is 0 Å². The Morgan fingerprint density at radius 2 is 1.47 bits per heavy atom. The highest BCUT2D eigenvalue weighted by Gasteiger charge is 2.12. The largest absolute Gasteiger partial charge is 0.303 e. The molecule has 0 aromatic heterocycles. The molecule has 0 aliphatic heterocycles. The Morgan fingerprint density at radius 3 is 2.06 bits per heavy atom. The number of unbranched alkanes of at least 4 members (excludes halogenated alkanes) is 1. The quantitative estimate of drug-likeness (QED) is 0.519. The summed E-state index contributed by atoms with van der Waals surface area (Å²) in [5.41, 5.74) is 0. The van der Waals surface area contributed by atoms with Crippen LogP contribution in [0.15, 0.2) is 0 Å². The Bertz CT molecular complexity index is 155. The summed E-state index contributed by atoms with van der Waals surface area (Å²) in [6.07, 6.45) is 14.6. The molecule has 0 N–H and O–H groups in total. The van der Waals surface area contributed by atoms with Crippen LogP contribution < -0.4 is 0 Å². The van der Waals surface area contributed by atoms with Gasteiger partial charge in [0.05, 0.1) is 0 Å². The minimum atomic E-state index is 1.08. The third-order valence-corrected chi connectivity index (χ3v) is 4.14. The molecule has 1 heteroatoms. The second-order valence-corrected chi connectivity index (χ2v) is 5.84. The molecule has 0 heterocycles. The van der Waals surface area contributed by atoms with E-state index in [1.807, 2.05) is 0 Å². The maximum absolute atomic E-state index is 2.65. The van der Waals surface area contributed by atoms with Crippen molar-refractivity contribution in [1.29, 1.82) is 0 Å². The predicted molar refractivity (Wildman–Crippen MR) is 77.4 cm³/mol. The SMILES string of the molecule is CCCN(CCC)CCCCC1CCCCC1. The van der Waals surface area contributed by atoms with E-state index in [0.29, 0.717) is 0 Å². The van der Waals surface area contributed by atoms with Gasteiger partial charge in [0.1, 0.15) is 0 Å². The smallest absolute Gasteiger partial charge is 0.00187 e. The molecule has 0 saturated heterocycles. The monoisotopic (exact) mass is 239 g/mol. The van der Waals surface area contributed by atoms with Gasteiger partial charge in [-0.15, -0.1) is 0 Å². The van der Waals surface area contributed by atoms with Crippen LogP contribution in [0.5, 0.6) is 0 Å². The van der Waals surface area contributed by atoms with Gasteiger partial charge in [-0.1, -0.05) is 58.8 Å². The van der Waals surface area contributed by atoms with Crippen LogP contribution >= 0.6 is 0 Å². The van der Waals surface area contributed by atoms with Gasteiger partial charge in [-0.05, 0) is 44.8 Å². The van der Waals surface area contributed by atoms with Gasteiger partial charge in [0, 0.05) is 0 Å². The van der Waals surface area contributed by atoms with E-state index in [1.165, 1.54) is 83.8 Å². The fourth-order valence-electron chi connectivity index (χ4n) is 3.21. The van der Waals surface area contributed by atoms with E-state index in [2.05, 4.69) is 18.7 Å². The molecule has 1 aliphatic carbocycles. The van der Waals surface area contributed by atoms with Crippen molar-refractivity contribution in [1.82, 2.24) is 4.90 Å². The Hall–Kier alpha value is -0.0400. The van der Waals surface area contributed by atoms with Gasteiger partial charge in [0.15, 0.2) is 0 Å². The maximum Gasteiger partial charge on any atom is -0.00187 e. The van der Waals surface area contributed by atoms with Crippen molar-refractivity contribution >= 4 is 0 Å². The fourth-order valence-corrected chi connectivity index (χ4v) is 3.21. The number of rotatable bonds is 9. The van der Waals surface area contributed by atoms with Crippen LogP contribution in [0.3, 0.4) is 0 Å². The second kappa shape index (κ2) is 9.94. The molecule has 0 aromatic carbocycles. The van der Waals surface area contributed by atoms with Gasteiger partial charge in [0.25, 0.3) is 0 Å². The number of hydrogen-bond donors (Lipinski definition) is 0. The van der Waals surface area contributed by atoms with Gasteiger partial charge in [-0.2, -0.15) is 0 Å². The van der Waals surface area contributed by atoms with E-state index in [0.717, 1.165) is 5.92 Å². The van der Waals surface area contributed by atoms with Crippen LogP contribution in [-0.4, -0.2) is 24.5 Å². The first-order valence-electron chi connectivity index (χ1n) is 8.09. The van der Waals surface area contributed by atoms with Crippen molar-refractivity contribution in [2.45, 2.75) is 78.1 Å². The van der Waals surface area contributed by atoms with Crippen LogP contribution in [0.2, 0.25) is 0 Å². The molecule has 0 amide bonds. The number of nitrogens with zero attached hydrogens (tertiary/aromatic N) is 1. The molecule has 0 bridgehead atoms. The van der Waals surface area contributed by atoms with Crippen LogP contribution in [0, 0.1) is 5.92 Å². The zero-order valence-corrected chi connectivity index (χ0v) is 12.2. The Morgan fingerprint density at radius 1 is 0.824 bits per heavy atom. The maximum atomic E-state index is 2.65. The summed E-state index contributed by atoms with van der Waals surface area (Å²) in [4.78, 5) is 2.65. The van der Waals surface area contributed by atoms with Crippen LogP contribution in [0.1, 0.15) is 78.1 Å². The van der Waals surface area contributed by atoms with Crippen molar-refractivity contribution in [3.8, 4) is 0 Å². The molecule has 1 saturated carbocycles. The zero-order valence-electron chi connectivity index (χ0n) is 12.2. The molecule has 1 rings (SSSR count). The summed E-state index contributed by atoms with van der Waals surface area (Å²) in [5.74, 6) is 1.08. The molecule has 0 unspecified atom stereocenters. The first-order chi connectivity index (χ1) is 8.36. The van der Waals surface area contributed by atoms with E-state index >= 15 is 0 Å². The van der Waals surface area contributed by atoms with Crippen molar-refractivity contribution < 1.29 is 0 Å². The third kappa shape index (κ3) is 7.08. The van der Waals surface area contributed by atoms with Crippen LogP contribution in [-0.2, 0) is 0 Å². The van der Waals surface area contributed by atoms with Crippen molar-refractivity contribution in [2.75, 3.05) is 19.6 Å². The van der Waals surface area contributed by atoms with E-state index in [9.17, 15) is 0 Å². The molecule has 0 radical (unpaired) electrons. The molecular weight excluding hydrogens is 206 g/mol. The summed E-state index contributed by atoms with van der Waals surface area (Å²) in [5, 5.41) is 0. The Balaban J connectivity index is 2.00. The lowest BCUT2D eigenvalue weighted by atomic mass is 9.86. The predicted octanol–water partition coefficient (Wildman–Crippen LogP) is 4.86. The lowest BCUT2D eigenvalue weighted by molar-refractivity contribution is 0.259. The number of hydrogen-bond acceptors (Lipinski definition) is 1. The van der Waals surface area contributed by atoms with Crippen molar-refractivity contribution in [2.24, 2.45) is 5.92 Å². The van der Waals surface area contributed by atoms with E-state index in [1.54, 1.807) is 0 Å². The lowest BCUT2D eigenvalue weighted by Gasteiger charge is -2.23. The molecule has 1 nitrogen and oxygen atoms in total. The summed E-state index contributed by atoms with van der Waals surface area (Å²) in [7, 11) is 0. The summed E-state index contributed by atoms with van der Waals surface area (Å²) in [6, 6.07) is 0. The van der Waals surface area contributed by atoms with Gasteiger partial charge in [-0.25, -0.2) is 0 Å². The lowest BCUT2D eigenvalue weighted by Crippen LogP contribution is -2.26. The average Bonchev–Trinajstić information content (AvgIpc) is 2.36. The molecule has 1 aliphatic rings. The Kier molecular flexibility index (Phi) is 8.78. The minimum Gasteiger partial charge on any atom is -0.303 e. The summed E-state index contributed by atoms with van der Waals surface area (Å²) < 4.78 is 0. The first kappa shape index (κ1) is 15.0. The highest BCUT2D eigenvalue weighted by atomic mass is 15.1. The highest BCUT2D eigenvalue weighted by Crippen LogP contribution is 2.27. The van der Waals surface area contributed by atoms with Gasteiger partial charge >= 0.3 is 0 Å². The molecule has 1 fully saturated rings. The topological polar surface area (TPSA) is 3.24 Å². The molecule has 0 spiro atoms. The molecule has 0 aromatic rings. The minimum absolute atomic E-state index is 1.08.